The van der Waals surface area contributed by atoms with Crippen molar-refractivity contribution < 1.29 is 17.9 Å². The molecular formula is C22H28N2O4S2. The predicted octanol–water partition coefficient (Wildman–Crippen LogP) is 4.65. The summed E-state index contributed by atoms with van der Waals surface area (Å²) in [6.45, 7) is 4.81. The number of sulfonamides is 1. The van der Waals surface area contributed by atoms with Crippen LogP contribution < -0.4 is 10.1 Å². The first kappa shape index (κ1) is 22.7. The Kier molecular flexibility index (Phi) is 7.44. The van der Waals surface area contributed by atoms with Crippen LogP contribution in [0.15, 0.2) is 47.4 Å². The fourth-order valence-electron chi connectivity index (χ4n) is 3.26. The lowest BCUT2D eigenvalue weighted by Crippen LogP contribution is -2.35. The highest BCUT2D eigenvalue weighted by atomic mass is 32.2. The maximum atomic E-state index is 13.1. The van der Waals surface area contributed by atoms with Gasteiger partial charge in [0, 0.05) is 13.1 Å². The zero-order valence-electron chi connectivity index (χ0n) is 17.6. The summed E-state index contributed by atoms with van der Waals surface area (Å²) in [4.78, 5) is 12.7. The molecule has 1 saturated heterocycles. The predicted molar refractivity (Wildman–Crippen MR) is 122 cm³/mol. The van der Waals surface area contributed by atoms with E-state index in [-0.39, 0.29) is 16.1 Å². The Morgan fingerprint density at radius 2 is 1.87 bits per heavy atom. The third kappa shape index (κ3) is 5.36. The number of aryl methyl sites for hydroxylation is 1. The number of hydrogen-bond acceptors (Lipinski definition) is 5. The molecule has 0 bridgehead atoms. The zero-order chi connectivity index (χ0) is 21.7. The minimum absolute atomic E-state index is 0.160. The Labute approximate surface area is 183 Å². The lowest BCUT2D eigenvalue weighted by molar-refractivity contribution is -0.115. The van der Waals surface area contributed by atoms with Crippen LogP contribution in [0.3, 0.4) is 0 Å². The minimum atomic E-state index is -3.62. The maximum absolute atomic E-state index is 13.1. The Morgan fingerprint density at radius 3 is 2.53 bits per heavy atom. The van der Waals surface area contributed by atoms with E-state index in [0.717, 1.165) is 24.8 Å². The van der Waals surface area contributed by atoms with Gasteiger partial charge in [0.25, 0.3) is 0 Å². The molecule has 0 spiro atoms. The van der Waals surface area contributed by atoms with E-state index in [1.54, 1.807) is 19.1 Å². The Bertz CT molecular complexity index is 1000. The van der Waals surface area contributed by atoms with Crippen LogP contribution in [0.2, 0.25) is 0 Å². The molecule has 2 aromatic rings. The van der Waals surface area contributed by atoms with Crippen molar-refractivity contribution in [2.45, 2.75) is 43.3 Å². The van der Waals surface area contributed by atoms with Crippen LogP contribution in [0, 0.1) is 6.92 Å². The molecule has 1 fully saturated rings. The van der Waals surface area contributed by atoms with E-state index in [1.165, 1.54) is 22.1 Å². The standard InChI is InChI=1S/C22H28N2O4S2/c1-16-8-7-9-18(14-16)28-21-11-10-19(15-20(21)23-22(25)17(2)29-3)30(26,27)24-12-5-4-6-13-24/h7-11,14-15,17H,4-6,12-13H2,1-3H3,(H,23,25). The molecule has 1 atom stereocenters. The van der Waals surface area contributed by atoms with Gasteiger partial charge >= 0.3 is 0 Å². The Morgan fingerprint density at radius 1 is 1.13 bits per heavy atom. The third-order valence-electron chi connectivity index (χ3n) is 5.10. The minimum Gasteiger partial charge on any atom is -0.455 e. The molecular weight excluding hydrogens is 420 g/mol. The van der Waals surface area contributed by atoms with Gasteiger partial charge in [-0.05, 0) is 68.8 Å². The van der Waals surface area contributed by atoms with Crippen molar-refractivity contribution in [3.63, 3.8) is 0 Å². The van der Waals surface area contributed by atoms with Crippen LogP contribution in [0.4, 0.5) is 5.69 Å². The van der Waals surface area contributed by atoms with Crippen LogP contribution in [0.1, 0.15) is 31.7 Å². The fourth-order valence-corrected chi connectivity index (χ4v) is 5.07. The summed E-state index contributed by atoms with van der Waals surface area (Å²) in [5.41, 5.74) is 1.39. The second-order valence-electron chi connectivity index (χ2n) is 7.41. The van der Waals surface area contributed by atoms with E-state index in [4.69, 9.17) is 4.74 Å². The van der Waals surface area contributed by atoms with E-state index < -0.39 is 10.0 Å². The van der Waals surface area contributed by atoms with Crippen molar-refractivity contribution in [1.82, 2.24) is 4.31 Å². The molecule has 2 aromatic carbocycles. The van der Waals surface area contributed by atoms with E-state index in [1.807, 2.05) is 37.4 Å². The summed E-state index contributed by atoms with van der Waals surface area (Å²) < 4.78 is 33.7. The topological polar surface area (TPSA) is 75.7 Å². The summed E-state index contributed by atoms with van der Waals surface area (Å²) in [5.74, 6) is 0.819. The highest BCUT2D eigenvalue weighted by molar-refractivity contribution is 7.99. The smallest absolute Gasteiger partial charge is 0.243 e. The summed E-state index contributed by atoms with van der Waals surface area (Å²) in [7, 11) is -3.62. The van der Waals surface area contributed by atoms with Crippen LogP contribution in [0.25, 0.3) is 0 Å². The van der Waals surface area contributed by atoms with Crippen molar-refractivity contribution in [3.05, 3.63) is 48.0 Å². The number of anilines is 1. The van der Waals surface area contributed by atoms with Gasteiger partial charge in [-0.2, -0.15) is 16.1 Å². The monoisotopic (exact) mass is 448 g/mol. The van der Waals surface area contributed by atoms with Crippen molar-refractivity contribution >= 4 is 33.4 Å². The molecule has 1 amide bonds. The molecule has 1 heterocycles. The number of rotatable bonds is 7. The van der Waals surface area contributed by atoms with Gasteiger partial charge < -0.3 is 10.1 Å². The number of carbonyl (C=O) groups is 1. The molecule has 1 aliphatic rings. The number of hydrogen-bond donors (Lipinski definition) is 1. The normalized spacial score (nSPS) is 16.1. The van der Waals surface area contributed by atoms with Crippen LogP contribution in [-0.4, -0.2) is 43.2 Å². The highest BCUT2D eigenvalue weighted by Gasteiger charge is 2.27. The molecule has 0 aliphatic carbocycles. The van der Waals surface area contributed by atoms with Crippen molar-refractivity contribution in [1.29, 1.82) is 0 Å². The third-order valence-corrected chi connectivity index (χ3v) is 7.92. The lowest BCUT2D eigenvalue weighted by Gasteiger charge is -2.26. The van der Waals surface area contributed by atoms with Crippen LogP contribution >= 0.6 is 11.8 Å². The summed E-state index contributed by atoms with van der Waals surface area (Å²) in [5, 5.41) is 2.57. The number of amides is 1. The number of ether oxygens (including phenoxy) is 1. The summed E-state index contributed by atoms with van der Waals surface area (Å²) in [6, 6.07) is 12.2. The van der Waals surface area contributed by atoms with Crippen molar-refractivity contribution in [2.75, 3.05) is 24.7 Å². The van der Waals surface area contributed by atoms with E-state index in [2.05, 4.69) is 5.32 Å². The molecule has 30 heavy (non-hydrogen) atoms. The number of carbonyl (C=O) groups excluding carboxylic acids is 1. The second kappa shape index (κ2) is 9.85. The SMILES string of the molecule is CSC(C)C(=O)Nc1cc(S(=O)(=O)N2CCCCC2)ccc1Oc1cccc(C)c1. The van der Waals surface area contributed by atoms with Crippen LogP contribution in [-0.2, 0) is 14.8 Å². The Balaban J connectivity index is 1.96. The average Bonchev–Trinajstić information content (AvgIpc) is 2.74. The molecule has 1 unspecified atom stereocenters. The first-order chi connectivity index (χ1) is 14.3. The van der Waals surface area contributed by atoms with Crippen molar-refractivity contribution in [3.8, 4) is 11.5 Å². The van der Waals surface area contributed by atoms with E-state index in [9.17, 15) is 13.2 Å². The van der Waals surface area contributed by atoms with Gasteiger partial charge in [-0.1, -0.05) is 18.6 Å². The number of thioether (sulfide) groups is 1. The number of nitrogens with zero attached hydrogens (tertiary/aromatic N) is 1. The van der Waals surface area contributed by atoms with Gasteiger partial charge in [0.1, 0.15) is 5.75 Å². The molecule has 0 aromatic heterocycles. The summed E-state index contributed by atoms with van der Waals surface area (Å²) >= 11 is 1.42. The van der Waals surface area contributed by atoms with Gasteiger partial charge in [-0.3, -0.25) is 4.79 Å². The highest BCUT2D eigenvalue weighted by Crippen LogP contribution is 2.34. The van der Waals surface area contributed by atoms with E-state index >= 15 is 0 Å². The lowest BCUT2D eigenvalue weighted by atomic mass is 10.2. The molecule has 3 rings (SSSR count). The number of piperidine rings is 1. The molecule has 0 radical (unpaired) electrons. The van der Waals surface area contributed by atoms with Gasteiger partial charge in [0.05, 0.1) is 15.8 Å². The second-order valence-corrected chi connectivity index (χ2v) is 10.5. The molecule has 6 nitrogen and oxygen atoms in total. The number of benzene rings is 2. The average molecular weight is 449 g/mol. The molecule has 1 N–H and O–H groups in total. The largest absolute Gasteiger partial charge is 0.455 e. The molecule has 1 aliphatic heterocycles. The number of nitrogens with one attached hydrogen (secondary N) is 1. The summed E-state index contributed by atoms with van der Waals surface area (Å²) in [6.07, 6.45) is 4.63. The molecule has 8 heteroatoms. The first-order valence-corrected chi connectivity index (χ1v) is 12.8. The zero-order valence-corrected chi connectivity index (χ0v) is 19.2. The fraction of sp³-hybridized carbons (Fsp3) is 0.409. The van der Waals surface area contributed by atoms with Crippen LogP contribution in [0.5, 0.6) is 11.5 Å². The van der Waals surface area contributed by atoms with Gasteiger partial charge in [-0.15, -0.1) is 0 Å². The first-order valence-electron chi connectivity index (χ1n) is 10.0. The molecule has 0 saturated carbocycles. The maximum Gasteiger partial charge on any atom is 0.243 e. The van der Waals surface area contributed by atoms with Gasteiger partial charge in [-0.25, -0.2) is 8.42 Å². The van der Waals surface area contributed by atoms with Gasteiger partial charge in [0.15, 0.2) is 5.75 Å². The Hall–Kier alpha value is -2.03. The quantitative estimate of drug-likeness (QED) is 0.667. The molecule has 162 valence electrons. The van der Waals surface area contributed by atoms with Gasteiger partial charge in [0.2, 0.25) is 15.9 Å². The van der Waals surface area contributed by atoms with E-state index in [0.29, 0.717) is 30.3 Å². The van der Waals surface area contributed by atoms with Crippen molar-refractivity contribution in [2.24, 2.45) is 0 Å².